The van der Waals surface area contributed by atoms with Crippen molar-refractivity contribution in [1.29, 1.82) is 0 Å². The average Bonchev–Trinajstić information content (AvgIpc) is 2.45. The van der Waals surface area contributed by atoms with Crippen molar-refractivity contribution < 1.29 is 15.3 Å². The summed E-state index contributed by atoms with van der Waals surface area (Å²) < 4.78 is 0. The van der Waals surface area contributed by atoms with Gasteiger partial charge in [0, 0.05) is 0 Å². The summed E-state index contributed by atoms with van der Waals surface area (Å²) >= 11 is 0. The first-order valence-corrected chi connectivity index (χ1v) is 9.29. The van der Waals surface area contributed by atoms with Crippen molar-refractivity contribution in [3.63, 3.8) is 0 Å². The van der Waals surface area contributed by atoms with Crippen molar-refractivity contribution in [3.8, 4) is 11.5 Å². The van der Waals surface area contributed by atoms with Gasteiger partial charge >= 0.3 is 0 Å². The molecule has 2 fully saturated rings. The zero-order valence-corrected chi connectivity index (χ0v) is 15.5. The van der Waals surface area contributed by atoms with Gasteiger partial charge in [0.2, 0.25) is 0 Å². The predicted molar refractivity (Wildman–Crippen MR) is 96.1 cm³/mol. The molecule has 0 aromatic heterocycles. The molecule has 4 atom stereocenters. The molecule has 3 heteroatoms. The van der Waals surface area contributed by atoms with Gasteiger partial charge in [-0.25, -0.2) is 0 Å². The topological polar surface area (TPSA) is 60.7 Å². The highest BCUT2D eigenvalue weighted by atomic mass is 16.3. The van der Waals surface area contributed by atoms with E-state index in [1.165, 1.54) is 18.9 Å². The number of hydrogen-bond donors (Lipinski definition) is 3. The molecule has 1 aromatic carbocycles. The van der Waals surface area contributed by atoms with Crippen LogP contribution in [0.2, 0.25) is 0 Å². The molecule has 0 spiro atoms. The molecule has 3 nitrogen and oxygen atoms in total. The molecule has 3 N–H and O–H groups in total. The highest BCUT2D eigenvalue weighted by Crippen LogP contribution is 2.62. The first-order chi connectivity index (χ1) is 11.1. The number of hydrogen-bond acceptors (Lipinski definition) is 3. The van der Waals surface area contributed by atoms with E-state index < -0.39 is 5.60 Å². The lowest BCUT2D eigenvalue weighted by atomic mass is 9.45. The standard InChI is InChI=1S/C21H32O3/c1-19(2)9-5-10-20(3)17(19)8-11-21(4,24)18(20)13-14-12-15(22)6-7-16(14)23/h6-7,12,17-18,22-24H,5,8-11,13H2,1-4H3/t17-,18?,20?,21+/m1/s1. The highest BCUT2D eigenvalue weighted by Gasteiger charge is 2.57. The van der Waals surface area contributed by atoms with Crippen LogP contribution in [0.15, 0.2) is 18.2 Å². The molecule has 0 heterocycles. The number of aromatic hydroxyl groups is 2. The maximum absolute atomic E-state index is 11.2. The van der Waals surface area contributed by atoms with E-state index in [4.69, 9.17) is 0 Å². The number of phenols is 2. The van der Waals surface area contributed by atoms with Gasteiger partial charge in [0.15, 0.2) is 0 Å². The molecule has 0 bridgehead atoms. The summed E-state index contributed by atoms with van der Waals surface area (Å²) in [5, 5.41) is 31.2. The number of fused-ring (bicyclic) bond motifs is 1. The van der Waals surface area contributed by atoms with Gasteiger partial charge in [-0.3, -0.25) is 0 Å². The summed E-state index contributed by atoms with van der Waals surface area (Å²) in [5.41, 5.74) is 0.353. The maximum Gasteiger partial charge on any atom is 0.119 e. The molecule has 0 aliphatic heterocycles. The fraction of sp³-hybridized carbons (Fsp3) is 0.714. The zero-order chi connectivity index (χ0) is 17.8. The second-order valence-corrected chi connectivity index (χ2v) is 9.37. The Morgan fingerprint density at radius 1 is 1.04 bits per heavy atom. The maximum atomic E-state index is 11.2. The van der Waals surface area contributed by atoms with E-state index in [1.807, 2.05) is 6.92 Å². The number of phenolic OH excluding ortho intramolecular Hbond substituents is 2. The fourth-order valence-electron chi connectivity index (χ4n) is 6.03. The quantitative estimate of drug-likeness (QED) is 0.692. The Kier molecular flexibility index (Phi) is 4.15. The second kappa shape index (κ2) is 5.66. The zero-order valence-electron chi connectivity index (χ0n) is 15.5. The van der Waals surface area contributed by atoms with Crippen LogP contribution in [0.5, 0.6) is 11.5 Å². The van der Waals surface area contributed by atoms with Gasteiger partial charge in [-0.2, -0.15) is 0 Å². The Morgan fingerprint density at radius 3 is 2.46 bits per heavy atom. The summed E-state index contributed by atoms with van der Waals surface area (Å²) in [5.74, 6) is 1.05. The van der Waals surface area contributed by atoms with Crippen LogP contribution in [0.1, 0.15) is 65.4 Å². The first kappa shape index (κ1) is 17.6. The molecular weight excluding hydrogens is 300 g/mol. The molecule has 24 heavy (non-hydrogen) atoms. The minimum atomic E-state index is -0.740. The van der Waals surface area contributed by atoms with Crippen molar-refractivity contribution in [2.45, 2.75) is 71.8 Å². The van der Waals surface area contributed by atoms with Crippen LogP contribution in [0, 0.1) is 22.7 Å². The molecule has 2 saturated carbocycles. The van der Waals surface area contributed by atoms with E-state index in [0.29, 0.717) is 17.8 Å². The average molecular weight is 332 g/mol. The van der Waals surface area contributed by atoms with Crippen molar-refractivity contribution in [2.24, 2.45) is 22.7 Å². The SMILES string of the molecule is CC1(C)CCCC2(C)C(Cc3cc(O)ccc3O)[C@@](C)(O)CC[C@H]12. The van der Waals surface area contributed by atoms with E-state index in [1.54, 1.807) is 12.1 Å². The van der Waals surface area contributed by atoms with Crippen molar-refractivity contribution in [2.75, 3.05) is 0 Å². The van der Waals surface area contributed by atoms with E-state index in [2.05, 4.69) is 20.8 Å². The van der Waals surface area contributed by atoms with Crippen LogP contribution in [0.25, 0.3) is 0 Å². The summed E-state index contributed by atoms with van der Waals surface area (Å²) in [4.78, 5) is 0. The van der Waals surface area contributed by atoms with Crippen LogP contribution in [-0.2, 0) is 6.42 Å². The van der Waals surface area contributed by atoms with E-state index in [-0.39, 0.29) is 22.8 Å². The summed E-state index contributed by atoms with van der Waals surface area (Å²) in [6, 6.07) is 4.70. The molecule has 3 rings (SSSR count). The van der Waals surface area contributed by atoms with E-state index >= 15 is 0 Å². The van der Waals surface area contributed by atoms with Crippen LogP contribution >= 0.6 is 0 Å². The Bertz CT molecular complexity index is 620. The van der Waals surface area contributed by atoms with Crippen LogP contribution in [0.4, 0.5) is 0 Å². The van der Waals surface area contributed by atoms with Crippen LogP contribution < -0.4 is 0 Å². The number of benzene rings is 1. The molecule has 1 aromatic rings. The molecule has 0 amide bonds. The lowest BCUT2D eigenvalue weighted by Crippen LogP contribution is -2.58. The minimum Gasteiger partial charge on any atom is -0.508 e. The highest BCUT2D eigenvalue weighted by molar-refractivity contribution is 5.39. The molecule has 0 saturated heterocycles. The fourth-order valence-corrected chi connectivity index (χ4v) is 6.03. The number of aliphatic hydroxyl groups is 1. The van der Waals surface area contributed by atoms with E-state index in [0.717, 1.165) is 24.8 Å². The van der Waals surface area contributed by atoms with Crippen LogP contribution in [0.3, 0.4) is 0 Å². The summed E-state index contributed by atoms with van der Waals surface area (Å²) in [7, 11) is 0. The Morgan fingerprint density at radius 2 is 1.75 bits per heavy atom. The van der Waals surface area contributed by atoms with Crippen LogP contribution in [-0.4, -0.2) is 20.9 Å². The normalized spacial score (nSPS) is 38.5. The van der Waals surface area contributed by atoms with Crippen molar-refractivity contribution in [3.05, 3.63) is 23.8 Å². The third kappa shape index (κ3) is 2.81. The van der Waals surface area contributed by atoms with Gasteiger partial charge < -0.3 is 15.3 Å². The predicted octanol–water partition coefficient (Wildman–Crippen LogP) is 4.63. The molecule has 0 radical (unpaired) electrons. The lowest BCUT2D eigenvalue weighted by Gasteiger charge is -2.61. The smallest absolute Gasteiger partial charge is 0.119 e. The summed E-state index contributed by atoms with van der Waals surface area (Å²) in [6.07, 6.45) is 6.05. The van der Waals surface area contributed by atoms with Gasteiger partial charge in [-0.1, -0.05) is 27.2 Å². The Labute approximate surface area is 145 Å². The molecule has 2 aliphatic carbocycles. The molecule has 2 aliphatic rings. The first-order valence-electron chi connectivity index (χ1n) is 9.29. The summed E-state index contributed by atoms with van der Waals surface area (Å²) in [6.45, 7) is 9.05. The molecule has 2 unspecified atom stereocenters. The van der Waals surface area contributed by atoms with Gasteiger partial charge in [-0.05, 0) is 85.5 Å². The monoisotopic (exact) mass is 332 g/mol. The second-order valence-electron chi connectivity index (χ2n) is 9.37. The lowest BCUT2D eigenvalue weighted by molar-refractivity contribution is -0.166. The molecule has 134 valence electrons. The van der Waals surface area contributed by atoms with Gasteiger partial charge in [0.1, 0.15) is 11.5 Å². The van der Waals surface area contributed by atoms with Crippen molar-refractivity contribution >= 4 is 0 Å². The van der Waals surface area contributed by atoms with Gasteiger partial charge in [-0.15, -0.1) is 0 Å². The van der Waals surface area contributed by atoms with Crippen molar-refractivity contribution in [1.82, 2.24) is 0 Å². The third-order valence-electron chi connectivity index (χ3n) is 7.25. The third-order valence-corrected chi connectivity index (χ3v) is 7.25. The minimum absolute atomic E-state index is 0.0569. The van der Waals surface area contributed by atoms with Gasteiger partial charge in [0.05, 0.1) is 5.60 Å². The van der Waals surface area contributed by atoms with Gasteiger partial charge in [0.25, 0.3) is 0 Å². The molecular formula is C21H32O3. The van der Waals surface area contributed by atoms with E-state index in [9.17, 15) is 15.3 Å². The largest absolute Gasteiger partial charge is 0.508 e. The Hall–Kier alpha value is -1.22. The Balaban J connectivity index is 2.00. The number of rotatable bonds is 2.